The summed E-state index contributed by atoms with van der Waals surface area (Å²) in [6.45, 7) is 9.63. The minimum atomic E-state index is -1.43. The van der Waals surface area contributed by atoms with Gasteiger partial charge in [-0.15, -0.1) is 0 Å². The lowest BCUT2D eigenvalue weighted by molar-refractivity contribution is -0.312. The number of hydrogen-bond donors (Lipinski definition) is 6. The van der Waals surface area contributed by atoms with Crippen molar-refractivity contribution in [1.82, 2.24) is 5.32 Å². The van der Waals surface area contributed by atoms with Gasteiger partial charge >= 0.3 is 0 Å². The zero-order valence-electron chi connectivity index (χ0n) is 24.9. The van der Waals surface area contributed by atoms with Crippen molar-refractivity contribution in [1.29, 1.82) is 0 Å². The fourth-order valence-corrected chi connectivity index (χ4v) is 8.96. The predicted molar refractivity (Wildman–Crippen MR) is 154 cm³/mol. The number of fused-ring (bicyclic) bond motifs is 5. The van der Waals surface area contributed by atoms with E-state index in [2.05, 4.69) is 51.2 Å². The molecule has 41 heavy (non-hydrogen) atoms. The summed E-state index contributed by atoms with van der Waals surface area (Å²) in [4.78, 5) is 0. The van der Waals surface area contributed by atoms with Crippen LogP contribution < -0.4 is 5.32 Å². The van der Waals surface area contributed by atoms with Gasteiger partial charge in [0.2, 0.25) is 0 Å². The molecule has 2 heterocycles. The van der Waals surface area contributed by atoms with Crippen molar-refractivity contribution in [3.63, 3.8) is 0 Å². The van der Waals surface area contributed by atoms with Gasteiger partial charge in [0.05, 0.1) is 18.8 Å². The SMILES string of the molecule is Cc1c([C@H](C)[C@@H]2NC[C@@H](C)C[C@H]2O)ccc2c1C[C@H]1[C@H]2CC=C2C[C@@H](O[C@@H]3O[C@@H](CO)[C@H](O)[C@@H](O)[C@H]3O)CC[C@@]21C. The molecule has 2 saturated heterocycles. The van der Waals surface area contributed by atoms with E-state index in [1.165, 1.54) is 27.8 Å². The molecule has 8 heteroatoms. The lowest BCUT2D eigenvalue weighted by atomic mass is 9.57. The van der Waals surface area contributed by atoms with Crippen LogP contribution in [0.5, 0.6) is 0 Å². The molecule has 6 rings (SSSR count). The second-order valence-electron chi connectivity index (χ2n) is 14.0. The Bertz CT molecular complexity index is 1150. The van der Waals surface area contributed by atoms with Crippen LogP contribution in [0.25, 0.3) is 0 Å². The molecule has 13 atom stereocenters. The van der Waals surface area contributed by atoms with Crippen molar-refractivity contribution >= 4 is 0 Å². The number of nitrogens with one attached hydrogen (secondary N) is 1. The highest BCUT2D eigenvalue weighted by molar-refractivity contribution is 5.50. The first kappa shape index (κ1) is 29.7. The molecule has 0 radical (unpaired) electrons. The monoisotopic (exact) mass is 571 g/mol. The molecule has 1 aromatic rings. The third kappa shape index (κ3) is 5.02. The summed E-state index contributed by atoms with van der Waals surface area (Å²) in [5, 5.41) is 54.8. The van der Waals surface area contributed by atoms with Crippen LogP contribution in [0.1, 0.15) is 87.0 Å². The molecule has 8 nitrogen and oxygen atoms in total. The minimum absolute atomic E-state index is 0.0622. The van der Waals surface area contributed by atoms with E-state index >= 15 is 0 Å². The van der Waals surface area contributed by atoms with E-state index in [4.69, 9.17) is 9.47 Å². The Morgan fingerprint density at radius 1 is 1.12 bits per heavy atom. The molecular formula is C33H49NO7. The lowest BCUT2D eigenvalue weighted by Crippen LogP contribution is -2.59. The second-order valence-corrected chi connectivity index (χ2v) is 14.0. The van der Waals surface area contributed by atoms with Crippen molar-refractivity contribution in [3.8, 4) is 0 Å². The van der Waals surface area contributed by atoms with Crippen molar-refractivity contribution in [2.75, 3.05) is 13.2 Å². The molecule has 0 aromatic heterocycles. The highest BCUT2D eigenvalue weighted by atomic mass is 16.7. The first-order chi connectivity index (χ1) is 19.5. The van der Waals surface area contributed by atoms with Gasteiger partial charge in [-0.3, -0.25) is 0 Å². The van der Waals surface area contributed by atoms with Gasteiger partial charge in [0.1, 0.15) is 24.4 Å². The van der Waals surface area contributed by atoms with Crippen molar-refractivity contribution in [2.45, 2.75) is 127 Å². The predicted octanol–water partition coefficient (Wildman–Crippen LogP) is 2.42. The molecular weight excluding hydrogens is 522 g/mol. The minimum Gasteiger partial charge on any atom is -0.394 e. The maximum Gasteiger partial charge on any atom is 0.186 e. The molecule has 5 aliphatic rings. The number of allylic oxidation sites excluding steroid dienone is 1. The molecule has 228 valence electrons. The molecule has 1 saturated carbocycles. The van der Waals surface area contributed by atoms with Gasteiger partial charge in [-0.2, -0.15) is 0 Å². The normalized spacial score (nSPS) is 44.9. The van der Waals surface area contributed by atoms with E-state index in [-0.39, 0.29) is 29.6 Å². The summed E-state index contributed by atoms with van der Waals surface area (Å²) in [5.74, 6) is 1.76. The van der Waals surface area contributed by atoms with Gasteiger partial charge in [-0.1, -0.05) is 44.6 Å². The van der Waals surface area contributed by atoms with Crippen LogP contribution in [0.15, 0.2) is 23.8 Å². The zero-order valence-corrected chi connectivity index (χ0v) is 24.9. The standard InChI is InChI=1S/C33H49NO7/c1-16-11-26(36)28(34-14-16)18(3)21-7-8-22-23-6-5-19-12-20(9-10-33(19,4)25(23)13-24(22)17(21)2)40-32-31(39)30(38)29(37)27(15-35)41-32/h5,7-8,16,18,20,23,25-32,34-39H,6,9-15H2,1-4H3/t16-,18-,20-,23-,25-,26+,27-,28-,29-,30+,31+,32+,33-/m0/s1. The highest BCUT2D eigenvalue weighted by Gasteiger charge is 2.52. The molecule has 1 aromatic carbocycles. The number of aliphatic hydroxyl groups is 5. The van der Waals surface area contributed by atoms with E-state index in [9.17, 15) is 25.5 Å². The average Bonchev–Trinajstić information content (AvgIpc) is 3.34. The van der Waals surface area contributed by atoms with E-state index in [0.29, 0.717) is 17.8 Å². The first-order valence-electron chi connectivity index (χ1n) is 15.7. The first-order valence-corrected chi connectivity index (χ1v) is 15.7. The highest BCUT2D eigenvalue weighted by Crippen LogP contribution is 2.60. The molecule has 0 amide bonds. The number of hydrogen-bond acceptors (Lipinski definition) is 8. The van der Waals surface area contributed by atoms with Crippen LogP contribution in [0.4, 0.5) is 0 Å². The van der Waals surface area contributed by atoms with Crippen molar-refractivity contribution < 1.29 is 35.0 Å². The maximum atomic E-state index is 10.8. The molecule has 3 fully saturated rings. The summed E-state index contributed by atoms with van der Waals surface area (Å²) < 4.78 is 11.8. The number of piperidine rings is 1. The Balaban J connectivity index is 1.16. The third-order valence-corrected chi connectivity index (χ3v) is 11.6. The molecule has 0 unspecified atom stereocenters. The van der Waals surface area contributed by atoms with E-state index in [1.807, 2.05) is 0 Å². The van der Waals surface area contributed by atoms with Gasteiger partial charge in [-0.25, -0.2) is 0 Å². The molecule has 3 aliphatic carbocycles. The average molecular weight is 572 g/mol. The fraction of sp³-hybridized carbons (Fsp3) is 0.758. The van der Waals surface area contributed by atoms with Crippen LogP contribution in [-0.4, -0.2) is 87.6 Å². The summed E-state index contributed by atoms with van der Waals surface area (Å²) in [5.41, 5.74) is 7.20. The summed E-state index contributed by atoms with van der Waals surface area (Å²) >= 11 is 0. The molecule has 0 bridgehead atoms. The number of benzene rings is 1. The van der Waals surface area contributed by atoms with Gasteiger partial charge in [-0.05, 0) is 103 Å². The Kier molecular flexibility index (Phi) is 8.18. The second kappa shape index (κ2) is 11.3. The Hall–Kier alpha value is -1.36. The van der Waals surface area contributed by atoms with Gasteiger partial charge < -0.3 is 40.3 Å². The number of rotatable bonds is 5. The van der Waals surface area contributed by atoms with Crippen LogP contribution in [0.2, 0.25) is 0 Å². The smallest absolute Gasteiger partial charge is 0.186 e. The van der Waals surface area contributed by atoms with Gasteiger partial charge in [0.25, 0.3) is 0 Å². The summed E-state index contributed by atoms with van der Waals surface area (Å²) in [7, 11) is 0. The van der Waals surface area contributed by atoms with E-state index in [1.54, 1.807) is 0 Å². The fourth-order valence-electron chi connectivity index (χ4n) is 8.96. The quantitative estimate of drug-likeness (QED) is 0.297. The Morgan fingerprint density at radius 3 is 2.63 bits per heavy atom. The summed E-state index contributed by atoms with van der Waals surface area (Å²) in [6, 6.07) is 4.77. The van der Waals surface area contributed by atoms with E-state index < -0.39 is 37.3 Å². The van der Waals surface area contributed by atoms with Crippen LogP contribution in [0, 0.1) is 24.2 Å². The third-order valence-electron chi connectivity index (χ3n) is 11.6. The topological polar surface area (TPSA) is 132 Å². The van der Waals surface area contributed by atoms with Crippen molar-refractivity contribution in [2.24, 2.45) is 17.3 Å². The van der Waals surface area contributed by atoms with Crippen LogP contribution >= 0.6 is 0 Å². The molecule has 2 aliphatic heterocycles. The maximum absolute atomic E-state index is 10.8. The van der Waals surface area contributed by atoms with E-state index in [0.717, 1.165) is 45.1 Å². The van der Waals surface area contributed by atoms with Gasteiger partial charge in [0, 0.05) is 6.04 Å². The lowest BCUT2D eigenvalue weighted by Gasteiger charge is -2.50. The zero-order chi connectivity index (χ0) is 29.2. The van der Waals surface area contributed by atoms with Crippen molar-refractivity contribution in [3.05, 3.63) is 46.0 Å². The number of ether oxygens (including phenoxy) is 2. The molecule has 0 spiro atoms. The number of aliphatic hydroxyl groups excluding tert-OH is 5. The molecule has 6 N–H and O–H groups in total. The van der Waals surface area contributed by atoms with Gasteiger partial charge in [0.15, 0.2) is 6.29 Å². The van der Waals surface area contributed by atoms with Crippen LogP contribution in [-0.2, 0) is 15.9 Å². The largest absolute Gasteiger partial charge is 0.394 e. The Morgan fingerprint density at radius 2 is 1.90 bits per heavy atom. The van der Waals surface area contributed by atoms with Crippen LogP contribution in [0.3, 0.4) is 0 Å². The summed E-state index contributed by atoms with van der Waals surface area (Å²) in [6.07, 6.45) is 1.14. The Labute approximate surface area is 243 Å².